The van der Waals surface area contributed by atoms with Crippen molar-refractivity contribution in [1.82, 2.24) is 9.88 Å². The molecule has 0 spiro atoms. The number of amides is 2. The van der Waals surface area contributed by atoms with Gasteiger partial charge in [0, 0.05) is 29.7 Å². The van der Waals surface area contributed by atoms with Gasteiger partial charge in [-0.15, -0.1) is 0 Å². The van der Waals surface area contributed by atoms with Gasteiger partial charge in [-0.1, -0.05) is 18.2 Å². The number of piperidine rings is 1. The molecule has 1 aliphatic rings. The summed E-state index contributed by atoms with van der Waals surface area (Å²) < 4.78 is 13.4. The van der Waals surface area contributed by atoms with Crippen LogP contribution in [0, 0.1) is 11.7 Å². The Morgan fingerprint density at radius 3 is 2.74 bits per heavy atom. The number of aromatic nitrogens is 1. The van der Waals surface area contributed by atoms with Gasteiger partial charge in [-0.2, -0.15) is 0 Å². The molecule has 1 saturated heterocycles. The maximum Gasteiger partial charge on any atom is 0.270 e. The van der Waals surface area contributed by atoms with Crippen molar-refractivity contribution < 1.29 is 14.0 Å². The number of H-pyrrole nitrogens is 1. The van der Waals surface area contributed by atoms with Gasteiger partial charge in [0.2, 0.25) is 5.91 Å². The largest absolute Gasteiger partial charge is 0.351 e. The number of anilines is 1. The molecule has 1 aromatic heterocycles. The van der Waals surface area contributed by atoms with Crippen LogP contribution in [0.25, 0.3) is 10.9 Å². The number of hydrogen-bond acceptors (Lipinski definition) is 2. The molecule has 1 atom stereocenters. The summed E-state index contributed by atoms with van der Waals surface area (Å²) in [5.41, 5.74) is 1.89. The highest BCUT2D eigenvalue weighted by Gasteiger charge is 2.29. The molecule has 2 heterocycles. The van der Waals surface area contributed by atoms with Crippen LogP contribution in [-0.2, 0) is 4.79 Å². The number of aromatic amines is 1. The van der Waals surface area contributed by atoms with Crippen LogP contribution in [0.15, 0.2) is 54.6 Å². The van der Waals surface area contributed by atoms with Gasteiger partial charge in [-0.25, -0.2) is 4.39 Å². The fourth-order valence-electron chi connectivity index (χ4n) is 3.53. The fraction of sp³-hybridized carbons (Fsp3) is 0.238. The van der Waals surface area contributed by atoms with Crippen molar-refractivity contribution in [2.45, 2.75) is 12.8 Å². The highest BCUT2D eigenvalue weighted by molar-refractivity contribution is 5.99. The van der Waals surface area contributed by atoms with E-state index in [2.05, 4.69) is 10.3 Å². The van der Waals surface area contributed by atoms with Crippen LogP contribution in [0.4, 0.5) is 10.1 Å². The van der Waals surface area contributed by atoms with Crippen LogP contribution in [0.2, 0.25) is 0 Å². The lowest BCUT2D eigenvalue weighted by Gasteiger charge is -2.31. The third kappa shape index (κ3) is 3.69. The number of hydrogen-bond donors (Lipinski definition) is 2. The lowest BCUT2D eigenvalue weighted by Crippen LogP contribution is -2.43. The molecule has 2 aromatic carbocycles. The Labute approximate surface area is 156 Å². The van der Waals surface area contributed by atoms with Crippen molar-refractivity contribution >= 4 is 28.4 Å². The van der Waals surface area contributed by atoms with E-state index in [1.54, 1.807) is 17.0 Å². The van der Waals surface area contributed by atoms with Crippen molar-refractivity contribution in [1.29, 1.82) is 0 Å². The summed E-state index contributed by atoms with van der Waals surface area (Å²) in [6.07, 6.45) is 1.52. The van der Waals surface area contributed by atoms with Crippen molar-refractivity contribution in [3.05, 3.63) is 66.1 Å². The van der Waals surface area contributed by atoms with E-state index in [1.165, 1.54) is 12.1 Å². The summed E-state index contributed by atoms with van der Waals surface area (Å²) in [7, 11) is 0. The Hall–Kier alpha value is -3.15. The number of nitrogens with one attached hydrogen (secondary N) is 2. The first-order valence-electron chi connectivity index (χ1n) is 9.03. The molecular weight excluding hydrogens is 345 g/mol. The lowest BCUT2D eigenvalue weighted by molar-refractivity contribution is -0.121. The van der Waals surface area contributed by atoms with E-state index in [1.807, 2.05) is 30.3 Å². The fourth-order valence-corrected chi connectivity index (χ4v) is 3.53. The van der Waals surface area contributed by atoms with Crippen LogP contribution in [0.3, 0.4) is 0 Å². The zero-order valence-corrected chi connectivity index (χ0v) is 14.7. The van der Waals surface area contributed by atoms with Crippen LogP contribution in [0.1, 0.15) is 23.3 Å². The average Bonchev–Trinajstić information content (AvgIpc) is 3.11. The summed E-state index contributed by atoms with van der Waals surface area (Å²) in [4.78, 5) is 30.1. The number of nitrogens with zero attached hydrogens (tertiary/aromatic N) is 1. The molecule has 0 bridgehead atoms. The van der Waals surface area contributed by atoms with Gasteiger partial charge in [0.25, 0.3) is 5.91 Å². The van der Waals surface area contributed by atoms with Gasteiger partial charge >= 0.3 is 0 Å². The first-order valence-corrected chi connectivity index (χ1v) is 9.03. The first kappa shape index (κ1) is 17.3. The number of benzene rings is 2. The van der Waals surface area contributed by atoms with Gasteiger partial charge in [-0.05, 0) is 49.2 Å². The van der Waals surface area contributed by atoms with E-state index < -0.39 is 0 Å². The molecule has 3 aromatic rings. The molecular formula is C21H20FN3O2. The summed E-state index contributed by atoms with van der Waals surface area (Å²) >= 11 is 0. The monoisotopic (exact) mass is 365 g/mol. The number of rotatable bonds is 3. The predicted octanol–water partition coefficient (Wildman–Crippen LogP) is 3.80. The Bertz CT molecular complexity index is 984. The Morgan fingerprint density at radius 2 is 1.93 bits per heavy atom. The summed E-state index contributed by atoms with van der Waals surface area (Å²) in [5.74, 6) is -0.818. The van der Waals surface area contributed by atoms with Gasteiger partial charge in [-0.3, -0.25) is 9.59 Å². The van der Waals surface area contributed by atoms with Gasteiger partial charge in [0.15, 0.2) is 0 Å². The SMILES string of the molecule is O=C(Nc1ccccc1)C1CCCN(C(=O)c2cc3cc(F)ccc3[nH]2)C1. The maximum absolute atomic E-state index is 13.4. The molecule has 27 heavy (non-hydrogen) atoms. The van der Waals surface area contributed by atoms with Crippen molar-refractivity contribution in [2.75, 3.05) is 18.4 Å². The zero-order chi connectivity index (χ0) is 18.8. The molecule has 1 aliphatic heterocycles. The number of halogens is 1. The summed E-state index contributed by atoms with van der Waals surface area (Å²) in [6.45, 7) is 0.985. The Balaban J connectivity index is 1.46. The molecule has 5 nitrogen and oxygen atoms in total. The predicted molar refractivity (Wildman–Crippen MR) is 102 cm³/mol. The van der Waals surface area contributed by atoms with Crippen LogP contribution < -0.4 is 5.32 Å². The number of fused-ring (bicyclic) bond motifs is 1. The molecule has 0 radical (unpaired) electrons. The number of carbonyl (C=O) groups is 2. The molecule has 1 fully saturated rings. The molecule has 4 rings (SSSR count). The highest BCUT2D eigenvalue weighted by Crippen LogP contribution is 2.22. The smallest absolute Gasteiger partial charge is 0.270 e. The summed E-state index contributed by atoms with van der Waals surface area (Å²) in [5, 5.41) is 3.57. The van der Waals surface area contributed by atoms with E-state index in [0.717, 1.165) is 24.0 Å². The highest BCUT2D eigenvalue weighted by atomic mass is 19.1. The molecule has 1 unspecified atom stereocenters. The summed E-state index contributed by atoms with van der Waals surface area (Å²) in [6, 6.07) is 15.3. The van der Waals surface area contributed by atoms with Crippen LogP contribution in [0.5, 0.6) is 0 Å². The second-order valence-corrected chi connectivity index (χ2v) is 6.86. The minimum absolute atomic E-state index is 0.0718. The van der Waals surface area contributed by atoms with E-state index in [-0.39, 0.29) is 23.5 Å². The molecule has 138 valence electrons. The van der Waals surface area contributed by atoms with Gasteiger partial charge in [0.1, 0.15) is 11.5 Å². The lowest BCUT2D eigenvalue weighted by atomic mass is 9.96. The standard InChI is InChI=1S/C21H20FN3O2/c22-16-8-9-18-15(11-16)12-19(24-18)21(27)25-10-4-5-14(13-25)20(26)23-17-6-2-1-3-7-17/h1-3,6-9,11-12,14,24H,4-5,10,13H2,(H,23,26). The second kappa shape index (κ2) is 7.23. The Kier molecular flexibility index (Phi) is 4.62. The topological polar surface area (TPSA) is 65.2 Å². The van der Waals surface area contributed by atoms with Crippen molar-refractivity contribution in [3.8, 4) is 0 Å². The first-order chi connectivity index (χ1) is 13.1. The normalized spacial score (nSPS) is 17.1. The van der Waals surface area contributed by atoms with Gasteiger partial charge < -0.3 is 15.2 Å². The van der Waals surface area contributed by atoms with E-state index in [0.29, 0.717) is 24.2 Å². The zero-order valence-electron chi connectivity index (χ0n) is 14.7. The Morgan fingerprint density at radius 1 is 1.11 bits per heavy atom. The number of para-hydroxylation sites is 1. The van der Waals surface area contributed by atoms with Crippen molar-refractivity contribution in [3.63, 3.8) is 0 Å². The maximum atomic E-state index is 13.4. The molecule has 2 N–H and O–H groups in total. The third-order valence-corrected chi connectivity index (χ3v) is 4.93. The molecule has 0 saturated carbocycles. The second-order valence-electron chi connectivity index (χ2n) is 6.86. The molecule has 6 heteroatoms. The van der Waals surface area contributed by atoms with Crippen molar-refractivity contribution in [2.24, 2.45) is 5.92 Å². The van der Waals surface area contributed by atoms with Crippen LogP contribution in [-0.4, -0.2) is 34.8 Å². The number of likely N-dealkylation sites (tertiary alicyclic amines) is 1. The third-order valence-electron chi connectivity index (χ3n) is 4.93. The molecule has 2 amide bonds. The van der Waals surface area contributed by atoms with Gasteiger partial charge in [0.05, 0.1) is 5.92 Å². The quantitative estimate of drug-likeness (QED) is 0.741. The minimum Gasteiger partial charge on any atom is -0.351 e. The minimum atomic E-state index is -0.337. The molecule has 0 aliphatic carbocycles. The van der Waals surface area contributed by atoms with E-state index >= 15 is 0 Å². The van der Waals surface area contributed by atoms with E-state index in [4.69, 9.17) is 0 Å². The van der Waals surface area contributed by atoms with Crippen LogP contribution >= 0.6 is 0 Å². The average molecular weight is 365 g/mol. The van der Waals surface area contributed by atoms with E-state index in [9.17, 15) is 14.0 Å². The number of carbonyl (C=O) groups excluding carboxylic acids is 2.